The highest BCUT2D eigenvalue weighted by Crippen LogP contribution is 2.42. The number of para-hydroxylation sites is 2. The van der Waals surface area contributed by atoms with Gasteiger partial charge in [-0.15, -0.1) is 0 Å². The summed E-state index contributed by atoms with van der Waals surface area (Å²) in [6, 6.07) is 24.8. The van der Waals surface area contributed by atoms with E-state index >= 15 is 0 Å². The number of aromatic nitrogens is 4. The third-order valence-electron chi connectivity index (χ3n) is 9.08. The molecule has 3 aromatic carbocycles. The molecule has 1 saturated carbocycles. The van der Waals surface area contributed by atoms with E-state index in [1.165, 1.54) is 4.90 Å². The lowest BCUT2D eigenvalue weighted by atomic mass is 10.1. The molecule has 1 aliphatic carbocycles. The predicted octanol–water partition coefficient (Wildman–Crippen LogP) is 5.54. The van der Waals surface area contributed by atoms with Crippen molar-refractivity contribution in [2.24, 2.45) is 7.05 Å². The number of nitrogens with one attached hydrogen (secondary N) is 1. The Hall–Kier alpha value is -5.62. The van der Waals surface area contributed by atoms with Crippen LogP contribution in [-0.2, 0) is 7.05 Å². The van der Waals surface area contributed by atoms with E-state index in [1.807, 2.05) is 72.5 Å². The minimum Gasteiger partial charge on any atom is -0.348 e. The Labute approximate surface area is 245 Å². The van der Waals surface area contributed by atoms with Crippen molar-refractivity contribution in [1.29, 1.82) is 5.26 Å². The van der Waals surface area contributed by atoms with Gasteiger partial charge in [-0.2, -0.15) is 5.26 Å². The highest BCUT2D eigenvalue weighted by atomic mass is 16.2. The molecule has 1 fully saturated rings. The number of hydrogen-bond donors (Lipinski definition) is 1. The first-order valence-corrected chi connectivity index (χ1v) is 14.3. The van der Waals surface area contributed by atoms with Gasteiger partial charge in [0.2, 0.25) is 0 Å². The fourth-order valence-electron chi connectivity index (χ4n) is 7.16. The number of carbonyl (C=O) groups excluding carboxylic acids is 2. The fraction of sp³-hybridized carbons (Fsp3) is 0.176. The number of imidazole rings is 1. The maximum absolute atomic E-state index is 13.5. The summed E-state index contributed by atoms with van der Waals surface area (Å²) in [4.78, 5) is 44.1. The summed E-state index contributed by atoms with van der Waals surface area (Å²) in [6.45, 7) is 0. The summed E-state index contributed by atoms with van der Waals surface area (Å²) in [6.07, 6.45) is 6.04. The van der Waals surface area contributed by atoms with E-state index in [-0.39, 0.29) is 35.3 Å². The molecule has 210 valence electrons. The minimum absolute atomic E-state index is 0.0233. The number of nitrogens with zero attached hydrogens (tertiary/aromatic N) is 5. The summed E-state index contributed by atoms with van der Waals surface area (Å²) in [5.74, 6) is -0.455. The summed E-state index contributed by atoms with van der Waals surface area (Å²) in [5, 5.41) is 12.0. The number of H-pyrrole nitrogens is 1. The molecule has 2 amide bonds. The van der Waals surface area contributed by atoms with Crippen LogP contribution in [0.15, 0.2) is 90.0 Å². The summed E-state index contributed by atoms with van der Waals surface area (Å²) < 4.78 is 5.76. The Balaban J connectivity index is 1.24. The van der Waals surface area contributed by atoms with Crippen molar-refractivity contribution in [3.05, 3.63) is 112 Å². The third-order valence-corrected chi connectivity index (χ3v) is 9.08. The largest absolute Gasteiger partial charge is 0.348 e. The van der Waals surface area contributed by atoms with Gasteiger partial charge in [0.05, 0.1) is 22.5 Å². The lowest BCUT2D eigenvalue weighted by Crippen LogP contribution is -2.38. The molecule has 43 heavy (non-hydrogen) atoms. The number of hydrogen-bond acceptors (Lipinski definition) is 4. The number of benzene rings is 3. The SMILES string of the molecule is Cn1cc(-n2c(-c3cn([C@H]4CC[C@H](N5C(=O)c6ccccc6C5=O)C4)c4ccccc34)c(C#N)[nH]c2=O)c2ccccc21. The van der Waals surface area contributed by atoms with Gasteiger partial charge in [-0.1, -0.05) is 48.5 Å². The van der Waals surface area contributed by atoms with Gasteiger partial charge in [0, 0.05) is 58.9 Å². The molecule has 9 nitrogen and oxygen atoms in total. The van der Waals surface area contributed by atoms with Crippen molar-refractivity contribution in [2.75, 3.05) is 0 Å². The maximum atomic E-state index is 13.5. The highest BCUT2D eigenvalue weighted by molar-refractivity contribution is 6.21. The molecule has 2 aliphatic rings. The van der Waals surface area contributed by atoms with Crippen LogP contribution in [0.1, 0.15) is 51.7 Å². The predicted molar refractivity (Wildman–Crippen MR) is 162 cm³/mol. The average Bonchev–Trinajstić information content (AvgIpc) is 3.83. The molecule has 0 spiro atoms. The number of fused-ring (bicyclic) bond motifs is 3. The van der Waals surface area contributed by atoms with Gasteiger partial charge < -0.3 is 9.13 Å². The Bertz CT molecular complexity index is 2200. The van der Waals surface area contributed by atoms with Crippen LogP contribution in [0.2, 0.25) is 0 Å². The molecule has 2 atom stereocenters. The molecule has 0 bridgehead atoms. The molecule has 6 aromatic rings. The van der Waals surface area contributed by atoms with Gasteiger partial charge in [-0.05, 0) is 43.5 Å². The number of aryl methyl sites for hydroxylation is 1. The lowest BCUT2D eigenvalue weighted by Gasteiger charge is -2.22. The molecule has 0 saturated heterocycles. The number of rotatable bonds is 4. The Kier molecular flexibility index (Phi) is 5.37. The average molecular weight is 567 g/mol. The zero-order chi connectivity index (χ0) is 29.4. The number of nitriles is 1. The van der Waals surface area contributed by atoms with Crippen molar-refractivity contribution in [3.8, 4) is 23.0 Å². The van der Waals surface area contributed by atoms with Crippen LogP contribution in [0.3, 0.4) is 0 Å². The van der Waals surface area contributed by atoms with Crippen LogP contribution in [0.5, 0.6) is 0 Å². The first-order valence-electron chi connectivity index (χ1n) is 14.3. The molecule has 8 rings (SSSR count). The summed E-state index contributed by atoms with van der Waals surface area (Å²) in [5.41, 5.74) is 4.65. The topological polar surface area (TPSA) is 109 Å². The molecule has 0 unspecified atom stereocenters. The van der Waals surface area contributed by atoms with Crippen LogP contribution >= 0.6 is 0 Å². The fourth-order valence-corrected chi connectivity index (χ4v) is 7.16. The maximum Gasteiger partial charge on any atom is 0.331 e. The molecule has 1 aliphatic heterocycles. The van der Waals surface area contributed by atoms with Gasteiger partial charge in [0.1, 0.15) is 11.8 Å². The van der Waals surface area contributed by atoms with Gasteiger partial charge in [-0.3, -0.25) is 24.0 Å². The van der Waals surface area contributed by atoms with Crippen molar-refractivity contribution < 1.29 is 9.59 Å². The molecular weight excluding hydrogens is 540 g/mol. The number of imide groups is 1. The highest BCUT2D eigenvalue weighted by Gasteiger charge is 2.43. The Morgan fingerprint density at radius 3 is 2.12 bits per heavy atom. The number of carbonyl (C=O) groups is 2. The quantitative estimate of drug-likeness (QED) is 0.283. The Morgan fingerprint density at radius 1 is 0.767 bits per heavy atom. The number of aromatic amines is 1. The molecule has 4 heterocycles. The van der Waals surface area contributed by atoms with Crippen molar-refractivity contribution >= 4 is 33.6 Å². The van der Waals surface area contributed by atoms with Gasteiger partial charge in [0.15, 0.2) is 0 Å². The van der Waals surface area contributed by atoms with Crippen molar-refractivity contribution in [1.82, 2.24) is 23.6 Å². The normalized spacial score (nSPS) is 18.2. The van der Waals surface area contributed by atoms with Crippen LogP contribution in [-0.4, -0.2) is 41.4 Å². The lowest BCUT2D eigenvalue weighted by molar-refractivity contribution is 0.0585. The van der Waals surface area contributed by atoms with E-state index in [0.29, 0.717) is 35.3 Å². The standard InChI is InChI=1S/C34H26N6O3/c1-37-19-30(25-11-5-6-12-28(25)37)40-31(27(17-35)36-34(40)43)26-18-38(29-13-7-4-8-22(26)29)20-14-15-21(16-20)39-32(41)23-9-2-3-10-24(23)33(39)42/h2-13,18-21H,14-16H2,1H3,(H,36,43)/t20-,21-/m0/s1. The van der Waals surface area contributed by atoms with Gasteiger partial charge in [0.25, 0.3) is 11.8 Å². The van der Waals surface area contributed by atoms with Crippen molar-refractivity contribution in [3.63, 3.8) is 0 Å². The summed E-state index contributed by atoms with van der Waals surface area (Å²) in [7, 11) is 1.94. The minimum atomic E-state index is -0.383. The van der Waals surface area contributed by atoms with E-state index < -0.39 is 0 Å². The molecule has 1 N–H and O–H groups in total. The second-order valence-corrected chi connectivity index (χ2v) is 11.4. The van der Waals surface area contributed by atoms with Crippen LogP contribution < -0.4 is 5.69 Å². The van der Waals surface area contributed by atoms with E-state index in [4.69, 9.17) is 0 Å². The second kappa shape index (κ2) is 9.19. The van der Waals surface area contributed by atoms with E-state index in [9.17, 15) is 19.6 Å². The molecule has 0 radical (unpaired) electrons. The first kappa shape index (κ1) is 25.1. The first-order chi connectivity index (χ1) is 21.0. The van der Waals surface area contributed by atoms with Crippen molar-refractivity contribution in [2.45, 2.75) is 31.3 Å². The molecule has 9 heteroatoms. The third kappa shape index (κ3) is 3.53. The smallest absolute Gasteiger partial charge is 0.331 e. The Morgan fingerprint density at radius 2 is 1.40 bits per heavy atom. The van der Waals surface area contributed by atoms with Gasteiger partial charge in [-0.25, -0.2) is 4.79 Å². The zero-order valence-electron chi connectivity index (χ0n) is 23.3. The van der Waals surface area contributed by atoms with E-state index in [2.05, 4.69) is 15.6 Å². The van der Waals surface area contributed by atoms with E-state index in [1.54, 1.807) is 28.8 Å². The van der Waals surface area contributed by atoms with Crippen LogP contribution in [0, 0.1) is 11.3 Å². The van der Waals surface area contributed by atoms with Gasteiger partial charge >= 0.3 is 5.69 Å². The van der Waals surface area contributed by atoms with E-state index in [0.717, 1.165) is 33.8 Å². The monoisotopic (exact) mass is 566 g/mol. The van der Waals surface area contributed by atoms with Crippen LogP contribution in [0.25, 0.3) is 38.8 Å². The zero-order valence-corrected chi connectivity index (χ0v) is 23.3. The summed E-state index contributed by atoms with van der Waals surface area (Å²) >= 11 is 0. The molecule has 3 aromatic heterocycles. The van der Waals surface area contributed by atoms with Crippen LogP contribution in [0.4, 0.5) is 0 Å². The number of amides is 2. The second-order valence-electron chi connectivity index (χ2n) is 11.4. The molecular formula is C34H26N6O3.